The Morgan fingerprint density at radius 1 is 1.21 bits per heavy atom. The van der Waals surface area contributed by atoms with Crippen LogP contribution in [-0.2, 0) is 6.54 Å². The van der Waals surface area contributed by atoms with Crippen LogP contribution in [0, 0.1) is 25.7 Å². The maximum Gasteiger partial charge on any atom is 0.194 e. The fraction of sp³-hybridized carbons (Fsp3) is 0.571. The summed E-state index contributed by atoms with van der Waals surface area (Å²) in [5, 5.41) is 7.95. The van der Waals surface area contributed by atoms with E-state index < -0.39 is 0 Å². The van der Waals surface area contributed by atoms with E-state index in [1.807, 2.05) is 30.8 Å². The fourth-order valence-corrected chi connectivity index (χ4v) is 3.92. The largest absolute Gasteiger partial charge is 0.357 e. The molecule has 7 heteroatoms. The van der Waals surface area contributed by atoms with E-state index in [-0.39, 0.29) is 24.0 Å². The van der Waals surface area contributed by atoms with E-state index in [0.29, 0.717) is 18.4 Å². The van der Waals surface area contributed by atoms with E-state index in [1.54, 1.807) is 0 Å². The van der Waals surface area contributed by atoms with Gasteiger partial charge >= 0.3 is 0 Å². The molecule has 3 rings (SSSR count). The van der Waals surface area contributed by atoms with Crippen molar-refractivity contribution >= 4 is 29.9 Å². The van der Waals surface area contributed by atoms with Gasteiger partial charge in [0.2, 0.25) is 0 Å². The van der Waals surface area contributed by atoms with E-state index >= 15 is 0 Å². The lowest BCUT2D eigenvalue weighted by molar-refractivity contribution is 0.208. The predicted octanol–water partition coefficient (Wildman–Crippen LogP) is 3.95. The number of guanidine groups is 1. The number of pyridine rings is 1. The van der Waals surface area contributed by atoms with Gasteiger partial charge in [-0.1, -0.05) is 19.9 Å². The lowest BCUT2D eigenvalue weighted by Gasteiger charge is -2.37. The van der Waals surface area contributed by atoms with Gasteiger partial charge in [0.25, 0.3) is 0 Å². The number of likely N-dealkylation sites (tertiary alicyclic amines) is 1. The Kier molecular flexibility index (Phi) is 8.27. The molecule has 0 bridgehead atoms. The fourth-order valence-electron chi connectivity index (χ4n) is 3.92. The molecule has 0 radical (unpaired) electrons. The highest BCUT2D eigenvalue weighted by molar-refractivity contribution is 14.0. The number of rotatable bonds is 4. The molecule has 0 saturated carbocycles. The van der Waals surface area contributed by atoms with Crippen LogP contribution in [-0.4, -0.2) is 45.3 Å². The average molecular weight is 496 g/mol. The van der Waals surface area contributed by atoms with Crippen LogP contribution in [0.3, 0.4) is 0 Å². The van der Waals surface area contributed by atoms with Gasteiger partial charge < -0.3 is 10.2 Å². The number of nitrogens with zero attached hydrogens (tertiary/aromatic N) is 5. The van der Waals surface area contributed by atoms with Crippen LogP contribution in [0.15, 0.2) is 29.4 Å². The van der Waals surface area contributed by atoms with Crippen molar-refractivity contribution in [3.05, 3.63) is 41.3 Å². The van der Waals surface area contributed by atoms with E-state index in [2.05, 4.69) is 53.2 Å². The summed E-state index contributed by atoms with van der Waals surface area (Å²) in [5.41, 5.74) is 3.20. The monoisotopic (exact) mass is 496 g/mol. The summed E-state index contributed by atoms with van der Waals surface area (Å²) in [7, 11) is 0. The van der Waals surface area contributed by atoms with Crippen molar-refractivity contribution in [2.45, 2.75) is 47.6 Å². The van der Waals surface area contributed by atoms with Crippen LogP contribution in [0.5, 0.6) is 0 Å². The number of aliphatic imine (C=N–C) groups is 1. The van der Waals surface area contributed by atoms with Crippen molar-refractivity contribution in [3.63, 3.8) is 0 Å². The first kappa shape index (κ1) is 22.6. The van der Waals surface area contributed by atoms with Crippen molar-refractivity contribution in [2.24, 2.45) is 16.8 Å². The first-order valence-corrected chi connectivity index (χ1v) is 9.98. The molecule has 6 nitrogen and oxygen atoms in total. The Bertz CT molecular complexity index is 773. The Balaban J connectivity index is 0.00000280. The number of hydrogen-bond acceptors (Lipinski definition) is 3. The minimum absolute atomic E-state index is 0. The zero-order valence-electron chi connectivity index (χ0n) is 17.6. The van der Waals surface area contributed by atoms with Crippen LogP contribution in [0.4, 0.5) is 0 Å². The number of hydrogen-bond donors (Lipinski definition) is 1. The van der Waals surface area contributed by atoms with Gasteiger partial charge in [-0.05, 0) is 56.7 Å². The second-order valence-corrected chi connectivity index (χ2v) is 7.88. The lowest BCUT2D eigenvalue weighted by Crippen LogP contribution is -2.48. The van der Waals surface area contributed by atoms with Crippen molar-refractivity contribution in [1.82, 2.24) is 25.0 Å². The summed E-state index contributed by atoms with van der Waals surface area (Å²) < 4.78 is 1.88. The minimum atomic E-state index is 0. The van der Waals surface area contributed by atoms with Gasteiger partial charge in [-0.25, -0.2) is 14.7 Å². The zero-order chi connectivity index (χ0) is 19.4. The van der Waals surface area contributed by atoms with Gasteiger partial charge in [0.1, 0.15) is 0 Å². The Morgan fingerprint density at radius 3 is 2.46 bits per heavy atom. The lowest BCUT2D eigenvalue weighted by atomic mass is 9.92. The minimum Gasteiger partial charge on any atom is -0.357 e. The molecule has 28 heavy (non-hydrogen) atoms. The molecule has 1 fully saturated rings. The standard InChI is InChI=1S/C21H32N6.HI/c1-6-22-21(26-13-15(2)9-16(3)14-26)24-12-19-7-8-20(23-11-19)27-18(5)10-17(4)25-27;/h7-8,10-11,15-16H,6,9,12-14H2,1-5H3,(H,22,24);1H. The van der Waals surface area contributed by atoms with Gasteiger partial charge in [0.15, 0.2) is 11.8 Å². The molecule has 1 saturated heterocycles. The first-order chi connectivity index (χ1) is 13.0. The van der Waals surface area contributed by atoms with Crippen LogP contribution in [0.25, 0.3) is 5.82 Å². The molecule has 2 aromatic heterocycles. The van der Waals surface area contributed by atoms with Crippen molar-refractivity contribution in [1.29, 1.82) is 0 Å². The third kappa shape index (κ3) is 5.68. The molecule has 1 aliphatic rings. The molecule has 1 aliphatic heterocycles. The third-order valence-electron chi connectivity index (χ3n) is 4.95. The maximum absolute atomic E-state index is 4.87. The summed E-state index contributed by atoms with van der Waals surface area (Å²) in [4.78, 5) is 11.9. The molecule has 3 heterocycles. The SMILES string of the molecule is CCNC(=NCc1ccc(-n2nc(C)cc2C)nc1)N1CC(C)CC(C)C1.I. The van der Waals surface area contributed by atoms with Gasteiger partial charge in [-0.3, -0.25) is 0 Å². The molecule has 2 aromatic rings. The van der Waals surface area contributed by atoms with E-state index in [4.69, 9.17) is 4.99 Å². The van der Waals surface area contributed by atoms with Gasteiger partial charge in [-0.2, -0.15) is 5.10 Å². The van der Waals surface area contributed by atoms with Crippen molar-refractivity contribution in [3.8, 4) is 5.82 Å². The Hall–Kier alpha value is -1.64. The predicted molar refractivity (Wildman–Crippen MR) is 126 cm³/mol. The van der Waals surface area contributed by atoms with Crippen LogP contribution < -0.4 is 5.32 Å². The second-order valence-electron chi connectivity index (χ2n) is 7.88. The summed E-state index contributed by atoms with van der Waals surface area (Å²) in [6.45, 7) is 14.5. The van der Waals surface area contributed by atoms with E-state index in [0.717, 1.165) is 48.4 Å². The molecular formula is C21H33IN6. The van der Waals surface area contributed by atoms with Gasteiger partial charge in [0, 0.05) is 31.5 Å². The average Bonchev–Trinajstić information content (AvgIpc) is 2.96. The van der Waals surface area contributed by atoms with Crippen LogP contribution >= 0.6 is 24.0 Å². The summed E-state index contributed by atoms with van der Waals surface area (Å²) in [6, 6.07) is 6.17. The summed E-state index contributed by atoms with van der Waals surface area (Å²) in [5.74, 6) is 3.27. The van der Waals surface area contributed by atoms with E-state index in [1.165, 1.54) is 6.42 Å². The van der Waals surface area contributed by atoms with Gasteiger partial charge in [0.05, 0.1) is 12.2 Å². The Labute approximate surface area is 185 Å². The highest BCUT2D eigenvalue weighted by atomic mass is 127. The molecule has 154 valence electrons. The maximum atomic E-state index is 4.87. The number of aromatic nitrogens is 3. The molecule has 0 aromatic carbocycles. The summed E-state index contributed by atoms with van der Waals surface area (Å²) in [6.07, 6.45) is 3.20. The first-order valence-electron chi connectivity index (χ1n) is 9.98. The topological polar surface area (TPSA) is 58.3 Å². The quantitative estimate of drug-likeness (QED) is 0.396. The number of piperidine rings is 1. The zero-order valence-corrected chi connectivity index (χ0v) is 20.0. The second kappa shape index (κ2) is 10.2. The molecule has 1 N–H and O–H groups in total. The van der Waals surface area contributed by atoms with E-state index in [9.17, 15) is 0 Å². The molecule has 0 aliphatic carbocycles. The van der Waals surface area contributed by atoms with Crippen molar-refractivity contribution < 1.29 is 0 Å². The summed E-state index contributed by atoms with van der Waals surface area (Å²) >= 11 is 0. The number of halogens is 1. The molecular weight excluding hydrogens is 463 g/mol. The van der Waals surface area contributed by atoms with Crippen molar-refractivity contribution in [2.75, 3.05) is 19.6 Å². The highest BCUT2D eigenvalue weighted by Gasteiger charge is 2.23. The smallest absolute Gasteiger partial charge is 0.194 e. The normalized spacial score (nSPS) is 20.0. The third-order valence-corrected chi connectivity index (χ3v) is 4.95. The van der Waals surface area contributed by atoms with Crippen LogP contribution in [0.2, 0.25) is 0 Å². The Morgan fingerprint density at radius 2 is 1.93 bits per heavy atom. The molecule has 2 atom stereocenters. The molecule has 0 amide bonds. The van der Waals surface area contributed by atoms with Crippen LogP contribution in [0.1, 0.15) is 44.1 Å². The highest BCUT2D eigenvalue weighted by Crippen LogP contribution is 2.21. The molecule has 0 spiro atoms. The van der Waals surface area contributed by atoms with Gasteiger partial charge in [-0.15, -0.1) is 24.0 Å². The number of nitrogens with one attached hydrogen (secondary N) is 1. The number of aryl methyl sites for hydroxylation is 2. The molecule has 2 unspecified atom stereocenters.